The third-order valence-electron chi connectivity index (χ3n) is 12.4. The summed E-state index contributed by atoms with van der Waals surface area (Å²) >= 11 is 0. The van der Waals surface area contributed by atoms with Crippen molar-refractivity contribution < 1.29 is 9.59 Å². The van der Waals surface area contributed by atoms with Crippen molar-refractivity contribution in [2.24, 2.45) is 10.8 Å². The van der Waals surface area contributed by atoms with Crippen LogP contribution in [0.1, 0.15) is 93.2 Å². The maximum atomic E-state index is 13.6. The van der Waals surface area contributed by atoms with Crippen molar-refractivity contribution in [1.82, 2.24) is 9.80 Å². The summed E-state index contributed by atoms with van der Waals surface area (Å²) in [7, 11) is 4.10. The highest BCUT2D eigenvalue weighted by Gasteiger charge is 2.40. The molecule has 0 aromatic heterocycles. The minimum Gasteiger partial charge on any atom is -0.293 e. The molecule has 64 heavy (non-hydrogen) atoms. The lowest BCUT2D eigenvalue weighted by atomic mass is 9.69. The van der Waals surface area contributed by atoms with Gasteiger partial charge in [-0.3, -0.25) is 19.4 Å². The predicted molar refractivity (Wildman–Crippen MR) is 277 cm³/mol. The zero-order chi connectivity index (χ0) is 46.9. The average molecular weight is 855 g/mol. The van der Waals surface area contributed by atoms with Gasteiger partial charge in [-0.15, -0.1) is 0 Å². The van der Waals surface area contributed by atoms with Gasteiger partial charge < -0.3 is 0 Å². The van der Waals surface area contributed by atoms with Gasteiger partial charge in [0.1, 0.15) is 0 Å². The highest BCUT2D eigenvalue weighted by atomic mass is 16.1. The molecular formula is C60H74N2O2. The van der Waals surface area contributed by atoms with E-state index in [9.17, 15) is 9.59 Å². The Hall–Kier alpha value is -5.68. The van der Waals surface area contributed by atoms with Crippen LogP contribution in [0.3, 0.4) is 0 Å². The van der Waals surface area contributed by atoms with E-state index in [2.05, 4.69) is 199 Å². The molecule has 0 amide bonds. The number of carbonyl (C=O) groups is 2. The molecule has 0 spiro atoms. The lowest BCUT2D eigenvalue weighted by Gasteiger charge is -2.40. The molecule has 0 N–H and O–H groups in total. The third kappa shape index (κ3) is 15.5. The lowest BCUT2D eigenvalue weighted by molar-refractivity contribution is -0.122. The maximum Gasteiger partial charge on any atom is 0.175 e. The largest absolute Gasteiger partial charge is 0.293 e. The number of Topliss-reactive ketones (excluding diaryl/α,β-unsaturated/α-hetero) is 2. The molecular weight excluding hydrogens is 781 g/mol. The number of nitrogens with zero attached hydrogens (tertiary/aromatic N) is 2. The molecule has 2 aromatic carbocycles. The summed E-state index contributed by atoms with van der Waals surface area (Å²) in [6, 6.07) is 20.3. The van der Waals surface area contributed by atoms with Crippen molar-refractivity contribution in [2.45, 2.75) is 94.2 Å². The summed E-state index contributed by atoms with van der Waals surface area (Å²) in [6.07, 6.45) is 39.5. The molecule has 4 rings (SSSR count). The number of hydrogen-bond acceptors (Lipinski definition) is 4. The molecule has 0 fully saturated rings. The lowest BCUT2D eigenvalue weighted by Crippen LogP contribution is -2.46. The van der Waals surface area contributed by atoms with E-state index in [1.54, 1.807) is 0 Å². The van der Waals surface area contributed by atoms with Gasteiger partial charge in [0.05, 0.1) is 12.1 Å². The van der Waals surface area contributed by atoms with Crippen LogP contribution in [-0.2, 0) is 9.59 Å². The van der Waals surface area contributed by atoms with E-state index >= 15 is 0 Å². The average Bonchev–Trinajstić information content (AvgIpc) is 3.25. The second kappa shape index (κ2) is 24.4. The van der Waals surface area contributed by atoms with Crippen LogP contribution in [0, 0.1) is 10.8 Å². The fourth-order valence-corrected chi connectivity index (χ4v) is 8.43. The fraction of sp³-hybridized carbons (Fsp3) is 0.333. The maximum absolute atomic E-state index is 13.6. The number of benzene rings is 2. The van der Waals surface area contributed by atoms with Crippen LogP contribution in [0.4, 0.5) is 0 Å². The first-order chi connectivity index (χ1) is 30.4. The van der Waals surface area contributed by atoms with Gasteiger partial charge in [0.15, 0.2) is 11.6 Å². The van der Waals surface area contributed by atoms with Crippen molar-refractivity contribution >= 4 is 23.7 Å². The molecule has 0 aliphatic heterocycles. The summed E-state index contributed by atoms with van der Waals surface area (Å²) in [5, 5.41) is 0. The van der Waals surface area contributed by atoms with Crippen LogP contribution in [0.2, 0.25) is 0 Å². The van der Waals surface area contributed by atoms with Gasteiger partial charge in [-0.1, -0.05) is 220 Å². The predicted octanol–water partition coefficient (Wildman–Crippen LogP) is 14.2. The molecule has 336 valence electrons. The van der Waals surface area contributed by atoms with Crippen molar-refractivity contribution in [2.75, 3.05) is 27.2 Å². The number of rotatable bonds is 18. The minimum absolute atomic E-state index is 0.119. The Labute approximate surface area is 387 Å². The van der Waals surface area contributed by atoms with E-state index in [1.807, 2.05) is 64.3 Å². The highest BCUT2D eigenvalue weighted by Crippen LogP contribution is 2.42. The van der Waals surface area contributed by atoms with E-state index in [4.69, 9.17) is 0 Å². The third-order valence-corrected chi connectivity index (χ3v) is 12.4. The molecule has 2 aliphatic rings. The van der Waals surface area contributed by atoms with Crippen LogP contribution in [0.25, 0.3) is 12.2 Å². The molecule has 0 heterocycles. The molecule has 4 heteroatoms. The molecule has 2 atom stereocenters. The van der Waals surface area contributed by atoms with E-state index in [-0.39, 0.29) is 34.5 Å². The number of likely N-dealkylation sites (N-methyl/N-ethyl adjacent to an activating group) is 2. The Balaban J connectivity index is 1.27. The van der Waals surface area contributed by atoms with E-state index < -0.39 is 0 Å². The van der Waals surface area contributed by atoms with Gasteiger partial charge in [0.25, 0.3) is 0 Å². The van der Waals surface area contributed by atoms with Crippen molar-refractivity contribution in [3.63, 3.8) is 0 Å². The minimum atomic E-state index is -0.134. The first kappa shape index (κ1) is 51.0. The van der Waals surface area contributed by atoms with Gasteiger partial charge in [-0.2, -0.15) is 0 Å². The molecule has 2 unspecified atom stereocenters. The highest BCUT2D eigenvalue weighted by molar-refractivity contribution is 6.02. The molecule has 4 nitrogen and oxygen atoms in total. The SMILES string of the molecule is CC1=C(/C=C/C(C)=C/C=C/C(C)=C/C=C/C=C(C)/C=C/C=C(C)/C=C/C2=C(C)C(=O)C(N(C)C/C=C/c3ccccc3)CC2(C)C)C(C)(C)CC(N(C)C/C=C/c2ccccc2)C1=O. The van der Waals surface area contributed by atoms with Crippen molar-refractivity contribution in [3.8, 4) is 0 Å². The van der Waals surface area contributed by atoms with Crippen LogP contribution in [-0.4, -0.2) is 60.6 Å². The first-order valence-corrected chi connectivity index (χ1v) is 22.8. The van der Waals surface area contributed by atoms with Gasteiger partial charge in [0, 0.05) is 13.1 Å². The first-order valence-electron chi connectivity index (χ1n) is 22.8. The normalized spacial score (nSPS) is 20.9. The quantitative estimate of drug-likeness (QED) is 0.140. The van der Waals surface area contributed by atoms with Gasteiger partial charge in [-0.05, 0) is 113 Å². The van der Waals surface area contributed by atoms with Crippen LogP contribution in [0.5, 0.6) is 0 Å². The number of hydrogen-bond donors (Lipinski definition) is 0. The Morgan fingerprint density at radius 2 is 0.844 bits per heavy atom. The molecule has 2 aromatic rings. The molecule has 0 saturated heterocycles. The van der Waals surface area contributed by atoms with Crippen LogP contribution < -0.4 is 0 Å². The number of allylic oxidation sites excluding steroid dienone is 20. The van der Waals surface area contributed by atoms with Crippen LogP contribution in [0.15, 0.2) is 202 Å². The van der Waals surface area contributed by atoms with Crippen molar-refractivity contribution in [1.29, 1.82) is 0 Å². The summed E-state index contributed by atoms with van der Waals surface area (Å²) < 4.78 is 0. The monoisotopic (exact) mass is 855 g/mol. The van der Waals surface area contributed by atoms with E-state index in [1.165, 1.54) is 11.1 Å². The molecule has 0 radical (unpaired) electrons. The number of ketones is 2. The van der Waals surface area contributed by atoms with Gasteiger partial charge in [0.2, 0.25) is 0 Å². The molecule has 0 saturated carbocycles. The van der Waals surface area contributed by atoms with E-state index in [0.29, 0.717) is 0 Å². The Morgan fingerprint density at radius 1 is 0.516 bits per heavy atom. The summed E-state index contributed by atoms with van der Waals surface area (Å²) in [5.41, 5.74) is 10.6. The van der Waals surface area contributed by atoms with Gasteiger partial charge in [-0.25, -0.2) is 0 Å². The Morgan fingerprint density at radius 3 is 1.20 bits per heavy atom. The summed E-state index contributed by atoms with van der Waals surface area (Å²) in [5.74, 6) is 0.436. The van der Waals surface area contributed by atoms with Crippen LogP contribution >= 0.6 is 0 Å². The fourth-order valence-electron chi connectivity index (χ4n) is 8.43. The Kier molecular flexibility index (Phi) is 19.4. The topological polar surface area (TPSA) is 40.6 Å². The second-order valence-electron chi connectivity index (χ2n) is 18.9. The second-order valence-corrected chi connectivity index (χ2v) is 18.9. The molecule has 0 bridgehead atoms. The standard InChI is InChI=1S/C60H74N2O2/c1-45(27-21-29-47(3)37-39-53-49(5)57(63)55(43-59(53,7)8)61(11)41-23-35-51-31-15-13-16-32-51)25-19-20-26-46(2)28-22-30-48(4)38-40-54-50(6)58(64)56(44-60(54,9)10)62(12)42-24-36-52-33-17-14-18-34-52/h13-40,55-56H,41-44H2,1-12H3/b20-19+,27-21+,28-22+,35-23+,36-24+,39-37+,40-38+,45-25+,46-26+,47-29+,48-30+. The Bertz CT molecular complexity index is 2180. The zero-order valence-electron chi connectivity index (χ0n) is 40.9. The summed E-state index contributed by atoms with van der Waals surface area (Å²) in [4.78, 5) is 31.5. The summed E-state index contributed by atoms with van der Waals surface area (Å²) in [6.45, 7) is 22.8. The zero-order valence-corrected chi connectivity index (χ0v) is 40.9. The van der Waals surface area contributed by atoms with Crippen molar-refractivity contribution in [3.05, 3.63) is 214 Å². The number of carbonyl (C=O) groups excluding carboxylic acids is 2. The van der Waals surface area contributed by atoms with Gasteiger partial charge >= 0.3 is 0 Å². The van der Waals surface area contributed by atoms with E-state index in [0.717, 1.165) is 70.5 Å². The molecule has 2 aliphatic carbocycles. The smallest absolute Gasteiger partial charge is 0.175 e.